The first-order valence-corrected chi connectivity index (χ1v) is 17.9. The highest BCUT2D eigenvalue weighted by atomic mass is 16.5. The number of fused-ring (bicyclic) bond motifs is 7. The molecule has 6 rings (SSSR count). The number of methoxy groups -OCH3 is 1. The van der Waals surface area contributed by atoms with Gasteiger partial charge in [0.1, 0.15) is 11.9 Å². The molecule has 5 saturated carbocycles. The van der Waals surface area contributed by atoms with Crippen LogP contribution in [0.1, 0.15) is 118 Å². The minimum Gasteiger partial charge on any atom is -0.496 e. The third-order valence-corrected chi connectivity index (χ3v) is 15.4. The van der Waals surface area contributed by atoms with Crippen LogP contribution in [0.3, 0.4) is 0 Å². The molecular formula is C40H59NO4. The summed E-state index contributed by atoms with van der Waals surface area (Å²) in [5, 5.41) is 3.42. The summed E-state index contributed by atoms with van der Waals surface area (Å²) in [6, 6.07) is 8.02. The summed E-state index contributed by atoms with van der Waals surface area (Å²) in [5.74, 6) is 3.36. The molecule has 248 valence electrons. The van der Waals surface area contributed by atoms with Crippen LogP contribution in [0.5, 0.6) is 5.75 Å². The van der Waals surface area contributed by atoms with Gasteiger partial charge in [-0.15, -0.1) is 0 Å². The number of para-hydroxylation sites is 1. The maximum absolute atomic E-state index is 14.5. The zero-order chi connectivity index (χ0) is 32.6. The van der Waals surface area contributed by atoms with Gasteiger partial charge in [-0.2, -0.15) is 0 Å². The van der Waals surface area contributed by atoms with Crippen molar-refractivity contribution in [1.82, 2.24) is 5.32 Å². The fraction of sp³-hybridized carbons (Fsp3) is 0.750. The minimum absolute atomic E-state index is 0.00355. The van der Waals surface area contributed by atoms with Gasteiger partial charge in [-0.25, -0.2) is 0 Å². The van der Waals surface area contributed by atoms with Crippen LogP contribution in [0.15, 0.2) is 36.4 Å². The highest BCUT2D eigenvalue weighted by molar-refractivity contribution is 5.84. The molecule has 1 amide bonds. The maximum Gasteiger partial charge on any atom is 0.302 e. The number of nitrogens with one attached hydrogen (secondary N) is 1. The molecule has 45 heavy (non-hydrogen) atoms. The quantitative estimate of drug-likeness (QED) is 0.256. The number of rotatable bonds is 6. The van der Waals surface area contributed by atoms with Crippen molar-refractivity contribution in [1.29, 1.82) is 0 Å². The number of hydrogen-bond donors (Lipinski definition) is 1. The van der Waals surface area contributed by atoms with Crippen LogP contribution in [0, 0.1) is 56.7 Å². The first-order chi connectivity index (χ1) is 21.2. The van der Waals surface area contributed by atoms with Crippen LogP contribution in [-0.4, -0.2) is 25.1 Å². The van der Waals surface area contributed by atoms with Crippen molar-refractivity contribution in [2.75, 3.05) is 7.11 Å². The minimum atomic E-state index is -0.329. The van der Waals surface area contributed by atoms with Crippen LogP contribution in [0.4, 0.5) is 0 Å². The Hall–Kier alpha value is -2.30. The second kappa shape index (κ2) is 11.2. The van der Waals surface area contributed by atoms with Crippen LogP contribution >= 0.6 is 0 Å². The molecule has 0 radical (unpaired) electrons. The number of esters is 1. The molecule has 1 aromatic carbocycles. The van der Waals surface area contributed by atoms with Crippen molar-refractivity contribution in [3.05, 3.63) is 42.0 Å². The third kappa shape index (κ3) is 4.66. The number of benzene rings is 1. The number of ether oxygens (including phenoxy) is 2. The maximum atomic E-state index is 14.5. The van der Waals surface area contributed by atoms with E-state index in [0.717, 1.165) is 49.8 Å². The van der Waals surface area contributed by atoms with Gasteiger partial charge in [0.25, 0.3) is 0 Å². The molecule has 0 spiro atoms. The molecule has 1 N–H and O–H groups in total. The summed E-state index contributed by atoms with van der Waals surface area (Å²) in [6.45, 7) is 21.4. The number of carbonyl (C=O) groups excluding carboxylic acids is 2. The molecular weight excluding hydrogens is 558 g/mol. The van der Waals surface area contributed by atoms with Gasteiger partial charge in [0.05, 0.1) is 12.5 Å². The average Bonchev–Trinajstić information content (AvgIpc) is 3.39. The summed E-state index contributed by atoms with van der Waals surface area (Å²) in [5.41, 5.74) is 2.55. The SMILES string of the molecule is C=C(C)[C@@H]1CC[C@]2(C(=O)NCc3ccccc3OC)CC[C@]3(C)C(CCC4[C@@]5(C)CC[C@H](OC(C)=O)C(C)(C)C5CC[C@]43C)C12. The fourth-order valence-electron chi connectivity index (χ4n) is 13.1. The van der Waals surface area contributed by atoms with Crippen molar-refractivity contribution < 1.29 is 19.1 Å². The predicted octanol–water partition coefficient (Wildman–Crippen LogP) is 8.90. The van der Waals surface area contributed by atoms with Crippen LogP contribution < -0.4 is 10.1 Å². The van der Waals surface area contributed by atoms with E-state index >= 15 is 0 Å². The zero-order valence-electron chi connectivity index (χ0n) is 29.4. The lowest BCUT2D eigenvalue weighted by molar-refractivity contribution is -0.248. The average molecular weight is 618 g/mol. The lowest BCUT2D eigenvalue weighted by atomic mass is 9.32. The molecule has 5 fully saturated rings. The van der Waals surface area contributed by atoms with Gasteiger partial charge in [0.2, 0.25) is 5.91 Å². The Balaban J connectivity index is 1.31. The summed E-state index contributed by atoms with van der Waals surface area (Å²) in [6.07, 6.45) is 11.1. The molecule has 4 unspecified atom stereocenters. The normalized spacial score (nSPS) is 43.1. The number of carbonyl (C=O) groups is 2. The molecule has 5 nitrogen and oxygen atoms in total. The second-order valence-corrected chi connectivity index (χ2v) is 17.3. The first-order valence-electron chi connectivity index (χ1n) is 17.9. The van der Waals surface area contributed by atoms with Crippen molar-refractivity contribution >= 4 is 11.9 Å². The molecule has 5 aliphatic carbocycles. The Morgan fingerprint density at radius 1 is 0.867 bits per heavy atom. The molecule has 1 aromatic rings. The predicted molar refractivity (Wildman–Crippen MR) is 179 cm³/mol. The van der Waals surface area contributed by atoms with Gasteiger partial charge >= 0.3 is 5.97 Å². The molecule has 0 heterocycles. The van der Waals surface area contributed by atoms with E-state index in [1.165, 1.54) is 31.3 Å². The lowest BCUT2D eigenvalue weighted by Gasteiger charge is -2.72. The zero-order valence-corrected chi connectivity index (χ0v) is 29.4. The third-order valence-electron chi connectivity index (χ3n) is 15.4. The Morgan fingerprint density at radius 3 is 2.29 bits per heavy atom. The van der Waals surface area contributed by atoms with E-state index in [0.29, 0.717) is 36.1 Å². The van der Waals surface area contributed by atoms with Crippen molar-refractivity contribution in [2.45, 2.75) is 125 Å². The molecule has 0 aromatic heterocycles. The molecule has 5 aliphatic rings. The Morgan fingerprint density at radius 2 is 1.60 bits per heavy atom. The Kier molecular flexibility index (Phi) is 8.09. The second-order valence-electron chi connectivity index (χ2n) is 17.3. The molecule has 0 aliphatic heterocycles. The molecule has 0 saturated heterocycles. The highest BCUT2D eigenvalue weighted by Crippen LogP contribution is 2.77. The van der Waals surface area contributed by atoms with Crippen molar-refractivity contribution in [3.8, 4) is 5.75 Å². The van der Waals surface area contributed by atoms with Crippen molar-refractivity contribution in [2.24, 2.45) is 56.7 Å². The molecule has 0 bridgehead atoms. The van der Waals surface area contributed by atoms with Crippen LogP contribution in [0.2, 0.25) is 0 Å². The number of allylic oxidation sites excluding steroid dienone is 1. The van der Waals surface area contributed by atoms with Crippen LogP contribution in [-0.2, 0) is 20.9 Å². The Labute approximate surface area is 272 Å². The smallest absolute Gasteiger partial charge is 0.302 e. The van der Waals surface area contributed by atoms with Gasteiger partial charge in [-0.05, 0) is 123 Å². The van der Waals surface area contributed by atoms with E-state index in [9.17, 15) is 9.59 Å². The monoisotopic (exact) mass is 617 g/mol. The topological polar surface area (TPSA) is 64.6 Å². The summed E-state index contributed by atoms with van der Waals surface area (Å²) in [7, 11) is 1.70. The van der Waals surface area contributed by atoms with Gasteiger partial charge in [-0.1, -0.05) is 65.0 Å². The fourth-order valence-corrected chi connectivity index (χ4v) is 13.1. The first kappa shape index (κ1) is 32.6. The summed E-state index contributed by atoms with van der Waals surface area (Å²) < 4.78 is 11.5. The summed E-state index contributed by atoms with van der Waals surface area (Å²) in [4.78, 5) is 26.5. The van der Waals surface area contributed by atoms with E-state index in [1.807, 2.05) is 18.2 Å². The van der Waals surface area contributed by atoms with Crippen LogP contribution in [0.25, 0.3) is 0 Å². The highest BCUT2D eigenvalue weighted by Gasteiger charge is 2.72. The van der Waals surface area contributed by atoms with E-state index in [-0.39, 0.29) is 45.1 Å². The molecule has 5 heteroatoms. The van der Waals surface area contributed by atoms with Crippen molar-refractivity contribution in [3.63, 3.8) is 0 Å². The van der Waals surface area contributed by atoms with E-state index in [1.54, 1.807) is 14.0 Å². The Bertz CT molecular complexity index is 1350. The van der Waals surface area contributed by atoms with Gasteiger partial charge < -0.3 is 14.8 Å². The van der Waals surface area contributed by atoms with E-state index in [2.05, 4.69) is 59.5 Å². The standard InChI is InChI=1S/C40H59NO4/c1-25(2)28-16-21-40(35(43)41-24-27-12-10-11-13-30(27)44-9)23-22-38(7)29(34(28)40)14-15-32-37(6)19-18-33(45-26(3)42)36(4,5)31(37)17-20-39(32,38)8/h10-13,28-29,31-34H,1,14-24H2,2-9H3,(H,41,43)/t28-,29?,31?,32?,33-,34?,37-,38+,39+,40-/m0/s1. The van der Waals surface area contributed by atoms with E-state index in [4.69, 9.17) is 9.47 Å². The van der Waals surface area contributed by atoms with Gasteiger partial charge in [0, 0.05) is 24.4 Å². The number of hydrogen-bond acceptors (Lipinski definition) is 4. The largest absolute Gasteiger partial charge is 0.496 e. The van der Waals surface area contributed by atoms with Gasteiger partial charge in [-0.3, -0.25) is 9.59 Å². The van der Waals surface area contributed by atoms with Gasteiger partial charge in [0.15, 0.2) is 0 Å². The molecule has 10 atom stereocenters. The summed E-state index contributed by atoms with van der Waals surface area (Å²) >= 11 is 0. The lowest BCUT2D eigenvalue weighted by Crippen LogP contribution is -2.67. The number of amides is 1. The van der Waals surface area contributed by atoms with E-state index < -0.39 is 0 Å².